The second kappa shape index (κ2) is 22.1. The normalized spacial score (nSPS) is 17.3. The topological polar surface area (TPSA) is 0 Å². The highest BCUT2D eigenvalue weighted by Crippen LogP contribution is 2.80. The minimum absolute atomic E-state index is 0.0140. The third-order valence-electron chi connectivity index (χ3n) is 25.9. The number of unbranched alkanes of at least 4 members (excludes halogenated alkanes) is 8. The summed E-state index contributed by atoms with van der Waals surface area (Å²) in [6, 6.07) is 0. The molecule has 0 aromatic heterocycles. The Balaban J connectivity index is 9.18. The van der Waals surface area contributed by atoms with E-state index in [1.165, 1.54) is 88.2 Å². The molecular formula is C71H140. The molecule has 71 heavy (non-hydrogen) atoms. The summed E-state index contributed by atoms with van der Waals surface area (Å²) < 4.78 is 0. The summed E-state index contributed by atoms with van der Waals surface area (Å²) >= 11 is 0. The first-order valence-electron chi connectivity index (χ1n) is 30.2. The average molecular weight is 994 g/mol. The average Bonchev–Trinajstić information content (AvgIpc) is 3.13. The second-order valence-electron chi connectivity index (χ2n) is 35.2. The lowest BCUT2D eigenvalue weighted by atomic mass is 9.28. The van der Waals surface area contributed by atoms with E-state index in [-0.39, 0.29) is 92.1 Å². The zero-order valence-electron chi connectivity index (χ0n) is 56.8. The van der Waals surface area contributed by atoms with Crippen LogP contribution in [-0.2, 0) is 0 Å². The van der Waals surface area contributed by atoms with Gasteiger partial charge in [-0.15, -0.1) is 0 Å². The summed E-state index contributed by atoms with van der Waals surface area (Å²) in [5.74, 6) is 0. The standard InChI is InChI=1S/C71H140/c1-39-41-43-45-46-48-50-60(19,20)63(25,26)65(29,30)67(33,34)70(38,66(31,32)64(27,28)62(23,24)59(17,18)49-47-44-42-40-2)61(21,22)52-54(4)71(57(11,12)13,58(14,15)16)68(35,36)69(37,56(8,9)10)53(3)51-55(5,6)7/h3-4,39-52H2,1-2,5-38H3. The van der Waals surface area contributed by atoms with Crippen LogP contribution in [0, 0.1) is 92.1 Å². The fraction of sp³-hybridized carbons (Fsp3) is 0.944. The lowest BCUT2D eigenvalue weighted by molar-refractivity contribution is -0.270. The van der Waals surface area contributed by atoms with Crippen LogP contribution in [0.15, 0.2) is 24.3 Å². The van der Waals surface area contributed by atoms with Crippen LogP contribution in [0.1, 0.15) is 339 Å². The van der Waals surface area contributed by atoms with E-state index in [9.17, 15) is 0 Å². The number of allylic oxidation sites excluding steroid dienone is 2. The van der Waals surface area contributed by atoms with Gasteiger partial charge >= 0.3 is 0 Å². The molecule has 0 bridgehead atoms. The number of rotatable bonds is 28. The molecule has 0 heteroatoms. The number of hydrogen-bond donors (Lipinski definition) is 0. The molecule has 0 nitrogen and oxygen atoms in total. The highest BCUT2D eigenvalue weighted by molar-refractivity contribution is 5.34. The Morgan fingerprint density at radius 1 is 0.282 bits per heavy atom. The molecular weight excluding hydrogens is 853 g/mol. The minimum atomic E-state index is -0.314. The Morgan fingerprint density at radius 3 is 0.859 bits per heavy atom. The Morgan fingerprint density at radius 2 is 0.577 bits per heavy atom. The van der Waals surface area contributed by atoms with Gasteiger partial charge in [-0.2, -0.15) is 0 Å². The Hall–Kier alpha value is -0.520. The van der Waals surface area contributed by atoms with E-state index in [1.807, 2.05) is 0 Å². The molecule has 0 saturated carbocycles. The van der Waals surface area contributed by atoms with Gasteiger partial charge < -0.3 is 0 Å². The van der Waals surface area contributed by atoms with Crippen LogP contribution < -0.4 is 0 Å². The first-order valence-corrected chi connectivity index (χ1v) is 30.2. The lowest BCUT2D eigenvalue weighted by Crippen LogP contribution is -2.69. The van der Waals surface area contributed by atoms with Crippen molar-refractivity contribution >= 4 is 0 Å². The van der Waals surface area contributed by atoms with E-state index >= 15 is 0 Å². The molecule has 0 amide bonds. The van der Waals surface area contributed by atoms with Crippen LogP contribution >= 0.6 is 0 Å². The largest absolute Gasteiger partial charge is 0.0992 e. The summed E-state index contributed by atoms with van der Waals surface area (Å²) in [4.78, 5) is 0. The lowest BCUT2D eigenvalue weighted by Gasteiger charge is -2.76. The monoisotopic (exact) mass is 993 g/mol. The van der Waals surface area contributed by atoms with Crippen LogP contribution in [-0.4, -0.2) is 0 Å². The molecule has 0 aromatic rings. The van der Waals surface area contributed by atoms with Crippen molar-refractivity contribution in [3.63, 3.8) is 0 Å². The van der Waals surface area contributed by atoms with Gasteiger partial charge in [0.1, 0.15) is 0 Å². The van der Waals surface area contributed by atoms with E-state index in [0.717, 1.165) is 12.8 Å². The molecule has 0 aliphatic carbocycles. The fourth-order valence-corrected chi connectivity index (χ4v) is 18.4. The molecule has 0 saturated heterocycles. The third-order valence-corrected chi connectivity index (χ3v) is 25.9. The van der Waals surface area contributed by atoms with Crippen LogP contribution in [0.5, 0.6) is 0 Å². The van der Waals surface area contributed by atoms with Gasteiger partial charge in [0.15, 0.2) is 0 Å². The van der Waals surface area contributed by atoms with E-state index in [4.69, 9.17) is 13.2 Å². The van der Waals surface area contributed by atoms with Crippen LogP contribution in [0.4, 0.5) is 0 Å². The van der Waals surface area contributed by atoms with E-state index < -0.39 is 0 Å². The molecule has 0 aliphatic heterocycles. The number of hydrogen-bond acceptors (Lipinski definition) is 0. The van der Waals surface area contributed by atoms with Gasteiger partial charge in [0.2, 0.25) is 0 Å². The second-order valence-corrected chi connectivity index (χ2v) is 35.2. The van der Waals surface area contributed by atoms with Gasteiger partial charge in [-0.25, -0.2) is 0 Å². The third kappa shape index (κ3) is 11.8. The maximum Gasteiger partial charge on any atom is 0.00659 e. The quantitative estimate of drug-likeness (QED) is 0.0541. The molecule has 424 valence electrons. The molecule has 0 aliphatic rings. The van der Waals surface area contributed by atoms with Crippen molar-refractivity contribution in [2.45, 2.75) is 339 Å². The predicted octanol–water partition coefficient (Wildman–Crippen LogP) is 25.0. The van der Waals surface area contributed by atoms with Crippen LogP contribution in [0.2, 0.25) is 0 Å². The van der Waals surface area contributed by atoms with Gasteiger partial charge in [-0.1, -0.05) is 338 Å². The Kier molecular flexibility index (Phi) is 21.9. The molecule has 0 radical (unpaired) electrons. The predicted molar refractivity (Wildman–Crippen MR) is 329 cm³/mol. The first kappa shape index (κ1) is 70.5. The molecule has 0 spiro atoms. The zero-order valence-corrected chi connectivity index (χ0v) is 56.8. The van der Waals surface area contributed by atoms with Crippen molar-refractivity contribution < 1.29 is 0 Å². The van der Waals surface area contributed by atoms with Gasteiger partial charge in [0.05, 0.1) is 0 Å². The summed E-state index contributed by atoms with van der Waals surface area (Å²) in [5, 5.41) is 0. The first-order chi connectivity index (χ1) is 30.9. The van der Waals surface area contributed by atoms with Gasteiger partial charge in [-0.05, 0) is 112 Å². The van der Waals surface area contributed by atoms with Crippen molar-refractivity contribution in [3.8, 4) is 0 Å². The van der Waals surface area contributed by atoms with Crippen molar-refractivity contribution in [1.29, 1.82) is 0 Å². The fourth-order valence-electron chi connectivity index (χ4n) is 18.4. The smallest absolute Gasteiger partial charge is 0.00659 e. The van der Waals surface area contributed by atoms with E-state index in [2.05, 4.69) is 249 Å². The molecule has 0 N–H and O–H groups in total. The van der Waals surface area contributed by atoms with Gasteiger partial charge in [0.25, 0.3) is 0 Å². The Bertz CT molecular complexity index is 1690. The highest BCUT2D eigenvalue weighted by atomic mass is 14.8. The molecule has 0 heterocycles. The Labute approximate surface area is 453 Å². The summed E-state index contributed by atoms with van der Waals surface area (Å²) in [5.41, 5.74) is 1.21. The van der Waals surface area contributed by atoms with Crippen molar-refractivity contribution in [1.82, 2.24) is 0 Å². The van der Waals surface area contributed by atoms with Crippen LogP contribution in [0.25, 0.3) is 0 Å². The maximum atomic E-state index is 5.60. The summed E-state index contributed by atoms with van der Waals surface area (Å²) in [6.45, 7) is 105. The van der Waals surface area contributed by atoms with Crippen LogP contribution in [0.3, 0.4) is 0 Å². The molecule has 2 unspecified atom stereocenters. The summed E-state index contributed by atoms with van der Waals surface area (Å²) in [7, 11) is 0. The highest BCUT2D eigenvalue weighted by Gasteiger charge is 2.74. The molecule has 2 atom stereocenters. The maximum absolute atomic E-state index is 5.60. The van der Waals surface area contributed by atoms with Crippen molar-refractivity contribution in [2.75, 3.05) is 0 Å². The minimum Gasteiger partial charge on any atom is -0.0992 e. The van der Waals surface area contributed by atoms with Gasteiger partial charge in [0, 0.05) is 5.41 Å². The zero-order chi connectivity index (χ0) is 57.6. The van der Waals surface area contributed by atoms with Gasteiger partial charge in [-0.3, -0.25) is 0 Å². The summed E-state index contributed by atoms with van der Waals surface area (Å²) in [6.07, 6.45) is 17.8. The van der Waals surface area contributed by atoms with Crippen molar-refractivity contribution in [3.05, 3.63) is 24.3 Å². The van der Waals surface area contributed by atoms with E-state index in [1.54, 1.807) is 0 Å². The molecule has 0 fully saturated rings. The molecule has 0 aromatic carbocycles. The SMILES string of the molecule is C=C(CC(C)(C)C)C(C)(C(C)(C)C)C(C)(C)C(C(=C)CC(C)(C)C(C)(C(C)(C)C(C)(C)C(C)(C)C(C)(C)CCCCCC)C(C)(C)C(C)(C)C(C)(C)C(C)(C)CCCCCCCC)(C(C)(C)C)C(C)(C)C. The van der Waals surface area contributed by atoms with E-state index in [0.29, 0.717) is 0 Å². The van der Waals surface area contributed by atoms with Crippen molar-refractivity contribution in [2.24, 2.45) is 92.1 Å². The molecule has 0 rings (SSSR count).